The molecule has 2 heterocycles. The van der Waals surface area contributed by atoms with Gasteiger partial charge in [-0.1, -0.05) is 6.08 Å². The van der Waals surface area contributed by atoms with Gasteiger partial charge in [0, 0.05) is 18.7 Å². The van der Waals surface area contributed by atoms with E-state index in [2.05, 4.69) is 0 Å². The van der Waals surface area contributed by atoms with Crippen molar-refractivity contribution in [2.45, 2.75) is 12.6 Å². The van der Waals surface area contributed by atoms with Crippen LogP contribution >= 0.6 is 0 Å². The first kappa shape index (κ1) is 14.2. The highest BCUT2D eigenvalue weighted by atomic mass is 19.4. The molecular weight excluding hydrogens is 279 g/mol. The van der Waals surface area contributed by atoms with Gasteiger partial charge in [0.1, 0.15) is 0 Å². The summed E-state index contributed by atoms with van der Waals surface area (Å²) >= 11 is 0. The van der Waals surface area contributed by atoms with Crippen LogP contribution in [-0.4, -0.2) is 41.1 Å². The third kappa shape index (κ3) is 2.68. The van der Waals surface area contributed by atoms with Crippen LogP contribution in [0.1, 0.15) is 22.5 Å². The maximum absolute atomic E-state index is 12.3. The van der Waals surface area contributed by atoms with Crippen molar-refractivity contribution in [3.8, 4) is 0 Å². The van der Waals surface area contributed by atoms with Gasteiger partial charge in [0.2, 0.25) is 5.76 Å². The monoisotopic (exact) mass is 289 g/mol. The molecule has 0 saturated heterocycles. The SMILES string of the molecule is O=C(O)c1occc1C1=CCN(C(=O)C(F)(F)F)CC1. The number of carboxylic acid groups (broad SMARTS) is 1. The smallest absolute Gasteiger partial charge is 0.471 e. The Bertz CT molecular complexity index is 574. The Morgan fingerprint density at radius 1 is 1.35 bits per heavy atom. The van der Waals surface area contributed by atoms with Gasteiger partial charge in [-0.15, -0.1) is 0 Å². The molecule has 1 N–H and O–H groups in total. The van der Waals surface area contributed by atoms with Crippen LogP contribution in [0.2, 0.25) is 0 Å². The minimum atomic E-state index is -4.90. The Labute approximate surface area is 111 Å². The summed E-state index contributed by atoms with van der Waals surface area (Å²) < 4.78 is 41.6. The van der Waals surface area contributed by atoms with Crippen molar-refractivity contribution < 1.29 is 32.3 Å². The van der Waals surface area contributed by atoms with Gasteiger partial charge in [-0.05, 0) is 18.1 Å². The van der Waals surface area contributed by atoms with Crippen LogP contribution in [0.3, 0.4) is 0 Å². The average molecular weight is 289 g/mol. The number of amides is 1. The van der Waals surface area contributed by atoms with E-state index in [1.165, 1.54) is 18.4 Å². The lowest BCUT2D eigenvalue weighted by atomic mass is 9.99. The summed E-state index contributed by atoms with van der Waals surface area (Å²) in [6, 6.07) is 1.44. The van der Waals surface area contributed by atoms with Crippen LogP contribution < -0.4 is 0 Å². The van der Waals surface area contributed by atoms with Crippen LogP contribution in [0, 0.1) is 0 Å². The number of rotatable bonds is 2. The first-order chi connectivity index (χ1) is 9.30. The Kier molecular flexibility index (Phi) is 3.56. The number of furan rings is 1. The van der Waals surface area contributed by atoms with Crippen LogP contribution in [0.25, 0.3) is 5.57 Å². The molecule has 0 spiro atoms. The van der Waals surface area contributed by atoms with E-state index in [1.54, 1.807) is 0 Å². The van der Waals surface area contributed by atoms with E-state index in [4.69, 9.17) is 9.52 Å². The van der Waals surface area contributed by atoms with Crippen molar-refractivity contribution in [1.29, 1.82) is 0 Å². The number of aromatic carboxylic acids is 1. The normalized spacial score (nSPS) is 15.9. The molecule has 1 aliphatic heterocycles. The lowest BCUT2D eigenvalue weighted by molar-refractivity contribution is -0.185. The molecule has 1 aliphatic rings. The second-order valence-corrected chi connectivity index (χ2v) is 4.20. The zero-order valence-corrected chi connectivity index (χ0v) is 10.1. The van der Waals surface area contributed by atoms with Crippen molar-refractivity contribution >= 4 is 17.4 Å². The van der Waals surface area contributed by atoms with E-state index < -0.39 is 18.1 Å². The molecule has 2 rings (SSSR count). The predicted octanol–water partition coefficient (Wildman–Crippen LogP) is 2.16. The molecule has 0 aliphatic carbocycles. The summed E-state index contributed by atoms with van der Waals surface area (Å²) in [5.41, 5.74) is 0.888. The van der Waals surface area contributed by atoms with Gasteiger partial charge in [-0.3, -0.25) is 4.79 Å². The van der Waals surface area contributed by atoms with E-state index in [0.717, 1.165) is 0 Å². The van der Waals surface area contributed by atoms with Gasteiger partial charge in [0.05, 0.1) is 6.26 Å². The first-order valence-corrected chi connectivity index (χ1v) is 5.67. The number of nitrogens with zero attached hydrogens (tertiary/aromatic N) is 1. The van der Waals surface area contributed by atoms with E-state index in [-0.39, 0.29) is 25.3 Å². The standard InChI is InChI=1S/C12H10F3NO4/c13-12(14,15)11(19)16-4-1-7(2-5-16)8-3-6-20-9(8)10(17)18/h1,3,6H,2,4-5H2,(H,17,18). The van der Waals surface area contributed by atoms with Crippen molar-refractivity contribution in [1.82, 2.24) is 4.90 Å². The molecule has 1 aromatic rings. The number of hydrogen-bond donors (Lipinski definition) is 1. The molecule has 1 aromatic heterocycles. The molecule has 0 aromatic carbocycles. The highest BCUT2D eigenvalue weighted by molar-refractivity contribution is 5.91. The Balaban J connectivity index is 2.16. The van der Waals surface area contributed by atoms with Crippen molar-refractivity contribution in [3.63, 3.8) is 0 Å². The largest absolute Gasteiger partial charge is 0.475 e. The third-order valence-corrected chi connectivity index (χ3v) is 2.94. The zero-order chi connectivity index (χ0) is 14.9. The van der Waals surface area contributed by atoms with E-state index in [9.17, 15) is 22.8 Å². The van der Waals surface area contributed by atoms with Gasteiger partial charge < -0.3 is 14.4 Å². The lowest BCUT2D eigenvalue weighted by Crippen LogP contribution is -2.43. The van der Waals surface area contributed by atoms with Gasteiger partial charge in [-0.25, -0.2) is 4.79 Å². The molecule has 0 atom stereocenters. The summed E-state index contributed by atoms with van der Waals surface area (Å²) in [7, 11) is 0. The summed E-state index contributed by atoms with van der Waals surface area (Å²) in [4.78, 5) is 22.6. The van der Waals surface area contributed by atoms with Crippen molar-refractivity contribution in [2.24, 2.45) is 0 Å². The van der Waals surface area contributed by atoms with E-state index in [0.29, 0.717) is 16.0 Å². The van der Waals surface area contributed by atoms with Gasteiger partial charge >= 0.3 is 18.1 Å². The van der Waals surface area contributed by atoms with Crippen LogP contribution in [0.15, 0.2) is 22.8 Å². The predicted molar refractivity (Wildman–Crippen MR) is 60.9 cm³/mol. The zero-order valence-electron chi connectivity index (χ0n) is 10.1. The molecule has 5 nitrogen and oxygen atoms in total. The van der Waals surface area contributed by atoms with Crippen LogP contribution in [0.5, 0.6) is 0 Å². The van der Waals surface area contributed by atoms with Crippen LogP contribution in [-0.2, 0) is 4.79 Å². The van der Waals surface area contributed by atoms with Crippen molar-refractivity contribution in [2.75, 3.05) is 13.1 Å². The molecule has 0 fully saturated rings. The molecule has 0 saturated carbocycles. The molecule has 1 amide bonds. The van der Waals surface area contributed by atoms with E-state index in [1.807, 2.05) is 0 Å². The quantitative estimate of drug-likeness (QED) is 0.905. The number of halogens is 3. The number of alkyl halides is 3. The number of carbonyl (C=O) groups excluding carboxylic acids is 1. The number of carbonyl (C=O) groups is 2. The average Bonchev–Trinajstić information content (AvgIpc) is 2.86. The Hall–Kier alpha value is -2.25. The summed E-state index contributed by atoms with van der Waals surface area (Å²) in [5.74, 6) is -3.40. The molecule has 0 bridgehead atoms. The van der Waals surface area contributed by atoms with E-state index >= 15 is 0 Å². The molecule has 0 radical (unpaired) electrons. The second kappa shape index (κ2) is 5.03. The minimum absolute atomic E-state index is 0.117. The molecule has 8 heteroatoms. The minimum Gasteiger partial charge on any atom is -0.475 e. The lowest BCUT2D eigenvalue weighted by Gasteiger charge is -2.27. The van der Waals surface area contributed by atoms with Gasteiger partial charge in [0.25, 0.3) is 0 Å². The van der Waals surface area contributed by atoms with Gasteiger partial charge in [-0.2, -0.15) is 13.2 Å². The fraction of sp³-hybridized carbons (Fsp3) is 0.333. The number of hydrogen-bond acceptors (Lipinski definition) is 3. The van der Waals surface area contributed by atoms with Crippen LogP contribution in [0.4, 0.5) is 13.2 Å². The molecule has 0 unspecified atom stereocenters. The third-order valence-electron chi connectivity index (χ3n) is 2.94. The highest BCUT2D eigenvalue weighted by Crippen LogP contribution is 2.28. The maximum Gasteiger partial charge on any atom is 0.471 e. The van der Waals surface area contributed by atoms with Crippen molar-refractivity contribution in [3.05, 3.63) is 29.7 Å². The summed E-state index contributed by atoms with van der Waals surface area (Å²) in [6.07, 6.45) is -2.15. The van der Waals surface area contributed by atoms with Gasteiger partial charge in [0.15, 0.2) is 0 Å². The Morgan fingerprint density at radius 3 is 2.55 bits per heavy atom. The highest BCUT2D eigenvalue weighted by Gasteiger charge is 2.42. The molecular formula is C12H10F3NO4. The molecule has 108 valence electrons. The fourth-order valence-corrected chi connectivity index (χ4v) is 2.01. The summed E-state index contributed by atoms with van der Waals surface area (Å²) in [5, 5.41) is 8.90. The maximum atomic E-state index is 12.3. The number of carboxylic acids is 1. The Morgan fingerprint density at radius 2 is 2.05 bits per heavy atom. The molecule has 20 heavy (non-hydrogen) atoms. The second-order valence-electron chi connectivity index (χ2n) is 4.20. The summed E-state index contributed by atoms with van der Waals surface area (Å²) in [6.45, 7) is -0.327. The topological polar surface area (TPSA) is 70.8 Å². The fourth-order valence-electron chi connectivity index (χ4n) is 2.01. The first-order valence-electron chi connectivity index (χ1n) is 5.67.